The zero-order valence-corrected chi connectivity index (χ0v) is 31.2. The highest BCUT2D eigenvalue weighted by molar-refractivity contribution is 6.22. The van der Waals surface area contributed by atoms with Gasteiger partial charge >= 0.3 is 0 Å². The normalized spacial score (nSPS) is 13.3. The summed E-state index contributed by atoms with van der Waals surface area (Å²) in [4.78, 5) is 0. The molecule has 1 aliphatic carbocycles. The molecule has 0 fully saturated rings. The van der Waals surface area contributed by atoms with Crippen molar-refractivity contribution in [3.05, 3.63) is 193 Å². The van der Waals surface area contributed by atoms with Gasteiger partial charge in [-0.05, 0) is 124 Å². The number of benzene rings is 10. The van der Waals surface area contributed by atoms with Crippen molar-refractivity contribution >= 4 is 65.0 Å². The number of furan rings is 1. The third kappa shape index (κ3) is 4.37. The number of para-hydroxylation sites is 1. The van der Waals surface area contributed by atoms with Gasteiger partial charge in [-0.1, -0.05) is 166 Å². The highest BCUT2D eigenvalue weighted by atomic mass is 16.3. The Morgan fingerprint density at radius 1 is 0.357 bits per heavy atom. The van der Waals surface area contributed by atoms with Crippen molar-refractivity contribution in [1.29, 1.82) is 0 Å². The molecule has 56 heavy (non-hydrogen) atoms. The maximum Gasteiger partial charge on any atom is 0.143 e. The van der Waals surface area contributed by atoms with Crippen molar-refractivity contribution in [1.82, 2.24) is 0 Å². The monoisotopic (exact) mass is 712 g/mol. The van der Waals surface area contributed by atoms with E-state index in [-0.39, 0.29) is 5.41 Å². The SMILES string of the molecule is CC1(C)c2ccc(-c3ccc(-c4c5ccccc5c(-c5ccc6ccccc6c5)c5ccccc45)cc3)cc2-c2ccc3c(ccc4c5ccccc5oc34)c21. The molecule has 10 aromatic carbocycles. The first kappa shape index (κ1) is 31.4. The average molecular weight is 713 g/mol. The molecule has 0 radical (unpaired) electrons. The molecule has 1 nitrogen and oxygen atoms in total. The third-order valence-electron chi connectivity index (χ3n) is 12.6. The summed E-state index contributed by atoms with van der Waals surface area (Å²) in [5, 5.41) is 12.4. The molecule has 0 saturated heterocycles. The lowest BCUT2D eigenvalue weighted by Gasteiger charge is -2.23. The van der Waals surface area contributed by atoms with E-state index in [1.807, 2.05) is 6.07 Å². The Morgan fingerprint density at radius 3 is 1.62 bits per heavy atom. The van der Waals surface area contributed by atoms with Crippen LogP contribution in [0, 0.1) is 0 Å². The molecule has 12 rings (SSSR count). The van der Waals surface area contributed by atoms with Gasteiger partial charge in [0, 0.05) is 21.6 Å². The zero-order valence-electron chi connectivity index (χ0n) is 31.2. The van der Waals surface area contributed by atoms with E-state index in [4.69, 9.17) is 4.42 Å². The van der Waals surface area contributed by atoms with Gasteiger partial charge in [0.25, 0.3) is 0 Å². The Labute approximate surface area is 325 Å². The van der Waals surface area contributed by atoms with Crippen LogP contribution in [0.4, 0.5) is 0 Å². The van der Waals surface area contributed by atoms with Crippen LogP contribution in [0.25, 0.3) is 110 Å². The van der Waals surface area contributed by atoms with Crippen LogP contribution in [0.5, 0.6) is 0 Å². The molecule has 1 aromatic heterocycles. The van der Waals surface area contributed by atoms with Crippen molar-refractivity contribution in [2.45, 2.75) is 19.3 Å². The van der Waals surface area contributed by atoms with Crippen molar-refractivity contribution in [3.63, 3.8) is 0 Å². The van der Waals surface area contributed by atoms with Crippen LogP contribution in [-0.2, 0) is 5.41 Å². The Morgan fingerprint density at radius 2 is 0.893 bits per heavy atom. The van der Waals surface area contributed by atoms with Crippen molar-refractivity contribution in [2.75, 3.05) is 0 Å². The maximum atomic E-state index is 6.48. The predicted octanol–water partition coefficient (Wildman–Crippen LogP) is 15.5. The fourth-order valence-corrected chi connectivity index (χ4v) is 10.0. The molecule has 1 heterocycles. The summed E-state index contributed by atoms with van der Waals surface area (Å²) in [5.41, 5.74) is 14.6. The fourth-order valence-electron chi connectivity index (χ4n) is 10.0. The molecule has 0 bridgehead atoms. The van der Waals surface area contributed by atoms with Crippen LogP contribution in [0.2, 0.25) is 0 Å². The number of fused-ring (bicyclic) bond motifs is 12. The van der Waals surface area contributed by atoms with Gasteiger partial charge < -0.3 is 4.42 Å². The molecule has 0 aliphatic heterocycles. The minimum absolute atomic E-state index is 0.145. The average Bonchev–Trinajstić information content (AvgIpc) is 3.74. The van der Waals surface area contributed by atoms with Gasteiger partial charge in [-0.25, -0.2) is 0 Å². The standard InChI is InChI=1S/C55H36O/c1-55(2)49-30-25-37(32-48(49)45-27-29-47-44(53(45)55)26-28-46-39-13-9-10-18-50(39)56-54(46)47)34-19-22-35(23-20-34)51-40-14-5-7-16-42(40)52(43-17-8-6-15-41(43)51)38-24-21-33-11-3-4-12-36(33)31-38/h3-32H,1-2H3. The Balaban J connectivity index is 0.976. The van der Waals surface area contributed by atoms with E-state index < -0.39 is 0 Å². The topological polar surface area (TPSA) is 13.1 Å². The largest absolute Gasteiger partial charge is 0.455 e. The van der Waals surface area contributed by atoms with E-state index in [1.165, 1.54) is 109 Å². The molecule has 0 unspecified atom stereocenters. The van der Waals surface area contributed by atoms with Gasteiger partial charge in [0.2, 0.25) is 0 Å². The molecule has 262 valence electrons. The minimum atomic E-state index is -0.145. The van der Waals surface area contributed by atoms with Gasteiger partial charge in [-0.2, -0.15) is 0 Å². The molecule has 0 saturated carbocycles. The van der Waals surface area contributed by atoms with E-state index in [9.17, 15) is 0 Å². The summed E-state index contributed by atoms with van der Waals surface area (Å²) in [7, 11) is 0. The number of hydrogen-bond donors (Lipinski definition) is 0. The lowest BCUT2D eigenvalue weighted by molar-refractivity contribution is 0.665. The van der Waals surface area contributed by atoms with Crippen molar-refractivity contribution in [3.8, 4) is 44.5 Å². The first-order chi connectivity index (χ1) is 27.5. The fraction of sp³-hybridized carbons (Fsp3) is 0.0545. The quantitative estimate of drug-likeness (QED) is 0.166. The summed E-state index contributed by atoms with van der Waals surface area (Å²) in [5.74, 6) is 0. The van der Waals surface area contributed by atoms with Crippen LogP contribution >= 0.6 is 0 Å². The maximum absolute atomic E-state index is 6.48. The van der Waals surface area contributed by atoms with E-state index >= 15 is 0 Å². The van der Waals surface area contributed by atoms with E-state index in [0.717, 1.165) is 11.2 Å². The molecule has 0 N–H and O–H groups in total. The Hall–Kier alpha value is -6.96. The molecular weight excluding hydrogens is 677 g/mol. The summed E-state index contributed by atoms with van der Waals surface area (Å²) < 4.78 is 6.48. The van der Waals surface area contributed by atoms with Crippen molar-refractivity contribution in [2.24, 2.45) is 0 Å². The van der Waals surface area contributed by atoms with E-state index in [1.54, 1.807) is 0 Å². The second kappa shape index (κ2) is 11.5. The van der Waals surface area contributed by atoms with E-state index in [2.05, 4.69) is 190 Å². The molecule has 1 aliphatic rings. The van der Waals surface area contributed by atoms with Gasteiger partial charge in [0.15, 0.2) is 0 Å². The van der Waals surface area contributed by atoms with Gasteiger partial charge in [-0.3, -0.25) is 0 Å². The van der Waals surface area contributed by atoms with Crippen LogP contribution in [0.1, 0.15) is 25.0 Å². The number of rotatable bonds is 3. The van der Waals surface area contributed by atoms with Gasteiger partial charge in [0.05, 0.1) is 0 Å². The van der Waals surface area contributed by atoms with Crippen LogP contribution in [-0.4, -0.2) is 0 Å². The van der Waals surface area contributed by atoms with Gasteiger partial charge in [-0.15, -0.1) is 0 Å². The Kier molecular flexibility index (Phi) is 6.46. The van der Waals surface area contributed by atoms with Crippen LogP contribution < -0.4 is 0 Å². The van der Waals surface area contributed by atoms with Crippen LogP contribution in [0.15, 0.2) is 186 Å². The summed E-state index contributed by atoms with van der Waals surface area (Å²) in [6, 6.07) is 67.2. The Bertz CT molecular complexity index is 3370. The second-order valence-electron chi connectivity index (χ2n) is 16.0. The molecule has 11 aromatic rings. The molecule has 0 atom stereocenters. The summed E-state index contributed by atoms with van der Waals surface area (Å²) >= 11 is 0. The van der Waals surface area contributed by atoms with Crippen molar-refractivity contribution < 1.29 is 4.42 Å². The second-order valence-corrected chi connectivity index (χ2v) is 16.0. The smallest absolute Gasteiger partial charge is 0.143 e. The van der Waals surface area contributed by atoms with Crippen LogP contribution in [0.3, 0.4) is 0 Å². The molecule has 0 spiro atoms. The first-order valence-electron chi connectivity index (χ1n) is 19.6. The first-order valence-corrected chi connectivity index (χ1v) is 19.6. The molecular formula is C55H36O. The zero-order chi connectivity index (χ0) is 37.1. The predicted molar refractivity (Wildman–Crippen MR) is 238 cm³/mol. The molecule has 0 amide bonds. The highest BCUT2D eigenvalue weighted by Gasteiger charge is 2.37. The lowest BCUT2D eigenvalue weighted by atomic mass is 9.80. The summed E-state index contributed by atoms with van der Waals surface area (Å²) in [6.45, 7) is 4.74. The van der Waals surface area contributed by atoms with E-state index in [0.29, 0.717) is 0 Å². The summed E-state index contributed by atoms with van der Waals surface area (Å²) in [6.07, 6.45) is 0. The number of hydrogen-bond acceptors (Lipinski definition) is 1. The molecule has 1 heteroatoms. The lowest BCUT2D eigenvalue weighted by Crippen LogP contribution is -2.15. The minimum Gasteiger partial charge on any atom is -0.455 e. The highest BCUT2D eigenvalue weighted by Crippen LogP contribution is 2.53. The van der Waals surface area contributed by atoms with Gasteiger partial charge in [0.1, 0.15) is 11.2 Å². The third-order valence-corrected chi connectivity index (χ3v) is 12.6.